The van der Waals surface area contributed by atoms with Crippen molar-refractivity contribution >= 4 is 22.7 Å². The van der Waals surface area contributed by atoms with E-state index in [4.69, 9.17) is 9.47 Å². The Morgan fingerprint density at radius 1 is 0.939 bits per heavy atom. The smallest absolute Gasteiger partial charge is 0.242 e. The number of amides is 2. The maximum Gasteiger partial charge on any atom is 0.242 e. The average Bonchev–Trinajstić information content (AvgIpc) is 3.24. The van der Waals surface area contributed by atoms with Gasteiger partial charge in [-0.3, -0.25) is 9.59 Å². The molecule has 0 radical (unpaired) electrons. The van der Waals surface area contributed by atoms with E-state index in [-0.39, 0.29) is 18.4 Å². The van der Waals surface area contributed by atoms with E-state index >= 15 is 0 Å². The largest absolute Gasteiger partial charge is 0.496 e. The Labute approximate surface area is 195 Å². The van der Waals surface area contributed by atoms with Crippen LogP contribution in [0.5, 0.6) is 5.75 Å². The quantitative estimate of drug-likeness (QED) is 0.427. The van der Waals surface area contributed by atoms with Gasteiger partial charge in [0.05, 0.1) is 13.7 Å². The Balaban J connectivity index is 1.77. The van der Waals surface area contributed by atoms with Crippen LogP contribution >= 0.6 is 0 Å². The summed E-state index contributed by atoms with van der Waals surface area (Å²) in [5, 5.41) is 1.16. The zero-order valence-corrected chi connectivity index (χ0v) is 19.7. The van der Waals surface area contributed by atoms with Crippen LogP contribution in [0, 0.1) is 0 Å². The summed E-state index contributed by atoms with van der Waals surface area (Å²) in [6.07, 6.45) is 3.39. The van der Waals surface area contributed by atoms with Gasteiger partial charge in [0, 0.05) is 62.9 Å². The first-order chi connectivity index (χ1) is 16.0. The third-order valence-corrected chi connectivity index (χ3v) is 5.78. The predicted octanol–water partition coefficient (Wildman–Crippen LogP) is 3.63. The number of carbonyl (C=O) groups excluding carboxylic acids is 2. The van der Waals surface area contributed by atoms with E-state index in [0.29, 0.717) is 39.1 Å². The number of H-pyrrole nitrogens is 1. The van der Waals surface area contributed by atoms with E-state index in [1.807, 2.05) is 53.6 Å². The maximum atomic E-state index is 13.4. The zero-order valence-electron chi connectivity index (χ0n) is 19.7. The van der Waals surface area contributed by atoms with Crippen LogP contribution in [-0.2, 0) is 27.3 Å². The Hall–Kier alpha value is -3.32. The van der Waals surface area contributed by atoms with Crippen LogP contribution in [0.3, 0.4) is 0 Å². The Kier molecular flexibility index (Phi) is 8.89. The van der Waals surface area contributed by atoms with Crippen molar-refractivity contribution in [3.8, 4) is 5.75 Å². The SMILES string of the molecule is COCCCN(CC(=O)N(CCc1c[nH]c2ccccc12)Cc1ccccc1OC)C(C)=O. The molecule has 0 aliphatic rings. The van der Waals surface area contributed by atoms with Gasteiger partial charge in [0.2, 0.25) is 11.8 Å². The highest BCUT2D eigenvalue weighted by Gasteiger charge is 2.21. The molecule has 2 amide bonds. The Morgan fingerprint density at radius 2 is 1.70 bits per heavy atom. The number of carbonyl (C=O) groups is 2. The van der Waals surface area contributed by atoms with Crippen LogP contribution in [-0.4, -0.2) is 67.1 Å². The summed E-state index contributed by atoms with van der Waals surface area (Å²) in [6.45, 7) is 3.51. The molecule has 0 fully saturated rings. The Morgan fingerprint density at radius 3 is 2.45 bits per heavy atom. The highest BCUT2D eigenvalue weighted by molar-refractivity contribution is 5.85. The van der Waals surface area contributed by atoms with Crippen molar-refractivity contribution in [1.29, 1.82) is 0 Å². The van der Waals surface area contributed by atoms with E-state index in [1.165, 1.54) is 6.92 Å². The van der Waals surface area contributed by atoms with Gasteiger partial charge in [-0.05, 0) is 30.5 Å². The summed E-state index contributed by atoms with van der Waals surface area (Å²) in [5.41, 5.74) is 3.17. The van der Waals surface area contributed by atoms with Crippen molar-refractivity contribution in [2.75, 3.05) is 40.5 Å². The van der Waals surface area contributed by atoms with E-state index in [0.717, 1.165) is 27.8 Å². The number of aromatic nitrogens is 1. The van der Waals surface area contributed by atoms with Crippen LogP contribution in [0.25, 0.3) is 10.9 Å². The van der Waals surface area contributed by atoms with Crippen LogP contribution in [0.15, 0.2) is 54.7 Å². The number of benzene rings is 2. The molecule has 1 aromatic heterocycles. The molecule has 3 aromatic rings. The number of aromatic amines is 1. The van der Waals surface area contributed by atoms with Crippen molar-refractivity contribution in [2.45, 2.75) is 26.3 Å². The molecule has 1 heterocycles. The molecular formula is C26H33N3O4. The molecule has 0 unspecified atom stereocenters. The van der Waals surface area contributed by atoms with Crippen molar-refractivity contribution in [3.63, 3.8) is 0 Å². The van der Waals surface area contributed by atoms with Gasteiger partial charge < -0.3 is 24.3 Å². The highest BCUT2D eigenvalue weighted by atomic mass is 16.5. The molecule has 3 rings (SSSR count). The standard InChI is InChI=1S/C26H33N3O4/c1-20(30)28(14-8-16-32-2)19-26(31)29(18-22-9-4-7-12-25(22)33-3)15-13-21-17-27-24-11-6-5-10-23(21)24/h4-7,9-12,17,27H,8,13-16,18-19H2,1-3H3. The minimum Gasteiger partial charge on any atom is -0.496 e. The molecule has 176 valence electrons. The number of fused-ring (bicyclic) bond motifs is 1. The van der Waals surface area contributed by atoms with Gasteiger partial charge in [-0.1, -0.05) is 36.4 Å². The molecule has 0 bridgehead atoms. The van der Waals surface area contributed by atoms with Crippen LogP contribution in [0.4, 0.5) is 0 Å². The van der Waals surface area contributed by atoms with Gasteiger partial charge >= 0.3 is 0 Å². The monoisotopic (exact) mass is 451 g/mol. The number of ether oxygens (including phenoxy) is 2. The highest BCUT2D eigenvalue weighted by Crippen LogP contribution is 2.22. The molecule has 0 aliphatic heterocycles. The number of hydrogen-bond acceptors (Lipinski definition) is 4. The fourth-order valence-corrected chi connectivity index (χ4v) is 3.94. The molecule has 0 spiro atoms. The topological polar surface area (TPSA) is 74.9 Å². The van der Waals surface area contributed by atoms with E-state index in [9.17, 15) is 9.59 Å². The first-order valence-electron chi connectivity index (χ1n) is 11.2. The predicted molar refractivity (Wildman–Crippen MR) is 129 cm³/mol. The second-order valence-electron chi connectivity index (χ2n) is 8.02. The van der Waals surface area contributed by atoms with Crippen molar-refractivity contribution < 1.29 is 19.1 Å². The van der Waals surface area contributed by atoms with Gasteiger partial charge in [0.1, 0.15) is 5.75 Å². The normalized spacial score (nSPS) is 10.9. The van der Waals surface area contributed by atoms with Gasteiger partial charge in [-0.15, -0.1) is 0 Å². The molecule has 0 atom stereocenters. The number of nitrogens with one attached hydrogen (secondary N) is 1. The molecular weight excluding hydrogens is 418 g/mol. The first-order valence-corrected chi connectivity index (χ1v) is 11.2. The summed E-state index contributed by atoms with van der Waals surface area (Å²) < 4.78 is 10.6. The summed E-state index contributed by atoms with van der Waals surface area (Å²) in [6, 6.07) is 15.8. The molecule has 7 heteroatoms. The van der Waals surface area contributed by atoms with Gasteiger partial charge in [-0.2, -0.15) is 0 Å². The molecule has 33 heavy (non-hydrogen) atoms. The lowest BCUT2D eigenvalue weighted by Gasteiger charge is -2.28. The number of rotatable bonds is 12. The van der Waals surface area contributed by atoms with Gasteiger partial charge in [0.15, 0.2) is 0 Å². The second-order valence-corrected chi connectivity index (χ2v) is 8.02. The molecule has 0 aliphatic carbocycles. The Bertz CT molecular complexity index is 1060. The fraction of sp³-hybridized carbons (Fsp3) is 0.385. The van der Waals surface area contributed by atoms with E-state index in [1.54, 1.807) is 19.1 Å². The van der Waals surface area contributed by atoms with Crippen LogP contribution in [0.2, 0.25) is 0 Å². The molecule has 0 saturated carbocycles. The lowest BCUT2D eigenvalue weighted by molar-refractivity contribution is -0.140. The zero-order chi connectivity index (χ0) is 23.6. The fourth-order valence-electron chi connectivity index (χ4n) is 3.94. The van der Waals surface area contributed by atoms with E-state index < -0.39 is 0 Å². The van der Waals surface area contributed by atoms with Crippen LogP contribution in [0.1, 0.15) is 24.5 Å². The van der Waals surface area contributed by atoms with Crippen molar-refractivity contribution in [1.82, 2.24) is 14.8 Å². The lowest BCUT2D eigenvalue weighted by Crippen LogP contribution is -2.43. The van der Waals surface area contributed by atoms with E-state index in [2.05, 4.69) is 11.1 Å². The number of nitrogens with zero attached hydrogens (tertiary/aromatic N) is 2. The summed E-state index contributed by atoms with van der Waals surface area (Å²) in [5.74, 6) is 0.535. The number of methoxy groups -OCH3 is 2. The summed E-state index contributed by atoms with van der Waals surface area (Å²) >= 11 is 0. The second kappa shape index (κ2) is 12.1. The lowest BCUT2D eigenvalue weighted by atomic mass is 10.1. The van der Waals surface area contributed by atoms with Crippen LogP contribution < -0.4 is 4.74 Å². The van der Waals surface area contributed by atoms with Gasteiger partial charge in [0.25, 0.3) is 0 Å². The third-order valence-electron chi connectivity index (χ3n) is 5.78. The first kappa shape index (κ1) is 24.3. The maximum absolute atomic E-state index is 13.4. The third kappa shape index (κ3) is 6.58. The van der Waals surface area contributed by atoms with Gasteiger partial charge in [-0.25, -0.2) is 0 Å². The molecule has 0 saturated heterocycles. The number of para-hydroxylation sites is 2. The summed E-state index contributed by atoms with van der Waals surface area (Å²) in [7, 11) is 3.26. The average molecular weight is 452 g/mol. The van der Waals surface area contributed by atoms with Crippen molar-refractivity contribution in [2.24, 2.45) is 0 Å². The number of hydrogen-bond donors (Lipinski definition) is 1. The minimum absolute atomic E-state index is 0.0437. The molecule has 7 nitrogen and oxygen atoms in total. The van der Waals surface area contributed by atoms with Crippen molar-refractivity contribution in [3.05, 3.63) is 65.9 Å². The minimum atomic E-state index is -0.117. The molecule has 1 N–H and O–H groups in total. The molecule has 2 aromatic carbocycles. The summed E-state index contributed by atoms with van der Waals surface area (Å²) in [4.78, 5) is 32.2.